The van der Waals surface area contributed by atoms with Gasteiger partial charge in [-0.05, 0) is 97.8 Å². The van der Waals surface area contributed by atoms with Gasteiger partial charge in [-0.3, -0.25) is 0 Å². The second kappa shape index (κ2) is 11.3. The molecule has 4 aromatic rings. The molecule has 0 unspecified atom stereocenters. The molecule has 0 spiro atoms. The second-order valence-electron chi connectivity index (χ2n) is 10.3. The van der Waals surface area contributed by atoms with Gasteiger partial charge in [-0.25, -0.2) is 14.6 Å². The van der Waals surface area contributed by atoms with Gasteiger partial charge in [0, 0.05) is 0 Å². The van der Waals surface area contributed by atoms with Crippen LogP contribution in [0.15, 0.2) is 68.7 Å². The number of aromatic nitrogens is 2. The minimum absolute atomic E-state index is 0.00437. The summed E-state index contributed by atoms with van der Waals surface area (Å²) in [5, 5.41) is 20.0. The van der Waals surface area contributed by atoms with E-state index < -0.39 is 23.2 Å². The Bertz CT molecular complexity index is 1530. The van der Waals surface area contributed by atoms with Crippen molar-refractivity contribution in [3.05, 3.63) is 103 Å². The van der Waals surface area contributed by atoms with Crippen LogP contribution in [0.1, 0.15) is 41.7 Å². The molecule has 3 N–H and O–H groups in total. The number of nitrogens with one attached hydrogen (secondary N) is 1. The van der Waals surface area contributed by atoms with E-state index in [1.54, 1.807) is 13.8 Å². The molecule has 3 aromatic carbocycles. The second-order valence-corrected chi connectivity index (χ2v) is 10.3. The summed E-state index contributed by atoms with van der Waals surface area (Å²) < 4.78 is 17.6. The maximum Gasteiger partial charge on any atom is 0.440 e. The van der Waals surface area contributed by atoms with Crippen LogP contribution in [0, 0.1) is 20.8 Å². The Balaban J connectivity index is 1.46. The van der Waals surface area contributed by atoms with E-state index >= 15 is 0 Å². The molecule has 39 heavy (non-hydrogen) atoms. The maximum atomic E-state index is 11.6. The Morgan fingerprint density at radius 1 is 0.974 bits per heavy atom. The summed E-state index contributed by atoms with van der Waals surface area (Å²) in [6.45, 7) is 9.73. The third-order valence-electron chi connectivity index (χ3n) is 6.72. The van der Waals surface area contributed by atoms with Crippen LogP contribution in [0.25, 0.3) is 11.1 Å². The van der Waals surface area contributed by atoms with Gasteiger partial charge in [-0.1, -0.05) is 30.3 Å². The number of benzene rings is 3. The maximum absolute atomic E-state index is 11.6. The number of ether oxygens (including phenoxy) is 2. The smallest absolute Gasteiger partial charge is 0.440 e. The number of rotatable bonds is 10. The molecule has 0 amide bonds. The van der Waals surface area contributed by atoms with Crippen molar-refractivity contribution in [3.63, 3.8) is 0 Å². The first-order valence-corrected chi connectivity index (χ1v) is 12.7. The summed E-state index contributed by atoms with van der Waals surface area (Å²) in [5.41, 5.74) is 5.40. The van der Waals surface area contributed by atoms with Gasteiger partial charge in [0.05, 0.1) is 12.1 Å². The predicted molar refractivity (Wildman–Crippen MR) is 147 cm³/mol. The van der Waals surface area contributed by atoms with E-state index in [1.165, 1.54) is 0 Å². The lowest BCUT2D eigenvalue weighted by atomic mass is 9.90. The first-order chi connectivity index (χ1) is 18.4. The van der Waals surface area contributed by atoms with Gasteiger partial charge in [0.25, 0.3) is 0 Å². The van der Waals surface area contributed by atoms with Gasteiger partial charge in [0.1, 0.15) is 30.8 Å². The Morgan fingerprint density at radius 2 is 1.64 bits per heavy atom. The number of hydrogen-bond acceptors (Lipinski definition) is 7. The van der Waals surface area contributed by atoms with Crippen LogP contribution >= 0.6 is 0 Å². The minimum Gasteiger partial charge on any atom is -0.491 e. The summed E-state index contributed by atoms with van der Waals surface area (Å²) in [6, 6.07) is 17.3. The first kappa shape index (κ1) is 27.9. The number of aliphatic hydroxyl groups is 2. The molecule has 0 aliphatic carbocycles. The van der Waals surface area contributed by atoms with Crippen LogP contribution in [0.5, 0.6) is 11.5 Å². The molecule has 9 nitrogen and oxygen atoms in total. The molecular weight excluding hydrogens is 500 g/mol. The zero-order valence-electron chi connectivity index (χ0n) is 22.8. The Hall–Kier alpha value is -4.08. The van der Waals surface area contributed by atoms with E-state index in [1.807, 2.05) is 62.4 Å². The van der Waals surface area contributed by atoms with Gasteiger partial charge >= 0.3 is 11.4 Å². The van der Waals surface area contributed by atoms with E-state index in [9.17, 15) is 19.8 Å². The highest BCUT2D eigenvalue weighted by Gasteiger charge is 2.25. The van der Waals surface area contributed by atoms with Crippen molar-refractivity contribution in [2.45, 2.75) is 59.5 Å². The van der Waals surface area contributed by atoms with E-state index in [0.717, 1.165) is 43.7 Å². The van der Waals surface area contributed by atoms with E-state index in [-0.39, 0.29) is 13.2 Å². The van der Waals surface area contributed by atoms with E-state index in [2.05, 4.69) is 18.0 Å². The highest BCUT2D eigenvalue weighted by molar-refractivity contribution is 5.75. The number of H-pyrrole nitrogens is 1. The van der Waals surface area contributed by atoms with Crippen LogP contribution in [0.2, 0.25) is 0 Å². The molecule has 0 radical (unpaired) electrons. The summed E-state index contributed by atoms with van der Waals surface area (Å²) >= 11 is 0. The van der Waals surface area contributed by atoms with Crippen molar-refractivity contribution >= 4 is 0 Å². The molecule has 9 heteroatoms. The van der Waals surface area contributed by atoms with Crippen LogP contribution in [0.4, 0.5) is 0 Å². The quantitative estimate of drug-likeness (QED) is 0.282. The number of aryl methyl sites for hydroxylation is 2. The molecule has 1 atom stereocenters. The third-order valence-corrected chi connectivity index (χ3v) is 6.72. The summed E-state index contributed by atoms with van der Waals surface area (Å²) in [5.74, 6) is 0.531. The lowest BCUT2D eigenvalue weighted by molar-refractivity contribution is -0.0661. The van der Waals surface area contributed by atoms with Crippen LogP contribution in [-0.2, 0) is 13.2 Å². The van der Waals surface area contributed by atoms with Crippen molar-refractivity contribution in [1.82, 2.24) is 9.72 Å². The monoisotopic (exact) mass is 534 g/mol. The summed E-state index contributed by atoms with van der Waals surface area (Å²) in [4.78, 5) is 24.9. The van der Waals surface area contributed by atoms with Crippen molar-refractivity contribution in [2.75, 3.05) is 6.61 Å². The lowest BCUT2D eigenvalue weighted by Crippen LogP contribution is -2.40. The molecule has 0 saturated heterocycles. The van der Waals surface area contributed by atoms with Crippen LogP contribution < -0.4 is 20.9 Å². The largest absolute Gasteiger partial charge is 0.491 e. The van der Waals surface area contributed by atoms with Crippen LogP contribution in [0.3, 0.4) is 0 Å². The van der Waals surface area contributed by atoms with Gasteiger partial charge in [0.2, 0.25) is 0 Å². The normalized spacial score (nSPS) is 12.4. The topological polar surface area (TPSA) is 127 Å². The standard InChI is InChI=1S/C30H34N2O7/c1-18-13-24(38-17-26(33)30(4,5)36)14-19(2)27(18)25-8-6-7-22(20(25)3)16-37-23-11-9-21(10-12-23)15-32-28(34)31-29(35)39-32/h6-14,26,33,36H,15-17H2,1-5H3,(H,31,34,35)/t26-/m1/s1. The number of nitrogens with zero attached hydrogens (tertiary/aromatic N) is 1. The lowest BCUT2D eigenvalue weighted by Gasteiger charge is -2.25. The van der Waals surface area contributed by atoms with Gasteiger partial charge in [0.15, 0.2) is 0 Å². The zero-order valence-corrected chi connectivity index (χ0v) is 22.8. The van der Waals surface area contributed by atoms with Crippen molar-refractivity contribution < 1.29 is 24.2 Å². The van der Waals surface area contributed by atoms with Crippen molar-refractivity contribution in [3.8, 4) is 22.6 Å². The van der Waals surface area contributed by atoms with Crippen molar-refractivity contribution in [2.24, 2.45) is 0 Å². The summed E-state index contributed by atoms with van der Waals surface area (Å²) in [7, 11) is 0. The molecule has 206 valence electrons. The molecule has 0 bridgehead atoms. The molecule has 4 rings (SSSR count). The third kappa shape index (κ3) is 6.68. The zero-order chi connectivity index (χ0) is 28.3. The summed E-state index contributed by atoms with van der Waals surface area (Å²) in [6.07, 6.45) is -1.00. The highest BCUT2D eigenvalue weighted by atomic mass is 16.5. The Kier molecular flexibility index (Phi) is 8.13. The molecular formula is C30H34N2O7. The SMILES string of the molecule is Cc1cc(OC[C@@H](O)C(C)(C)O)cc(C)c1-c1cccc(COc2ccc(Cn3oc(=O)[nH]c3=O)cc2)c1C. The molecule has 1 aromatic heterocycles. The first-order valence-electron chi connectivity index (χ1n) is 12.7. The molecule has 0 aliphatic heterocycles. The van der Waals surface area contributed by atoms with Crippen molar-refractivity contribution in [1.29, 1.82) is 0 Å². The fraction of sp³-hybridized carbons (Fsp3) is 0.333. The van der Waals surface area contributed by atoms with E-state index in [0.29, 0.717) is 18.1 Å². The molecule has 0 aliphatic rings. The molecule has 1 heterocycles. The average molecular weight is 535 g/mol. The highest BCUT2D eigenvalue weighted by Crippen LogP contribution is 2.34. The Morgan fingerprint density at radius 3 is 2.23 bits per heavy atom. The number of aliphatic hydroxyl groups excluding tert-OH is 1. The number of aromatic amines is 1. The van der Waals surface area contributed by atoms with Gasteiger partial charge < -0.3 is 24.2 Å². The molecule has 0 saturated carbocycles. The minimum atomic E-state index is -1.24. The average Bonchev–Trinajstić information content (AvgIpc) is 3.18. The predicted octanol–water partition coefficient (Wildman–Crippen LogP) is 3.86. The van der Waals surface area contributed by atoms with Gasteiger partial charge in [-0.2, -0.15) is 0 Å². The van der Waals surface area contributed by atoms with Crippen LogP contribution in [-0.4, -0.2) is 38.2 Å². The van der Waals surface area contributed by atoms with Gasteiger partial charge in [-0.15, -0.1) is 4.74 Å². The number of hydrogen-bond donors (Lipinski definition) is 3. The Labute approximate surface area is 226 Å². The van der Waals surface area contributed by atoms with E-state index in [4.69, 9.17) is 14.0 Å². The fourth-order valence-electron chi connectivity index (χ4n) is 4.36. The fourth-order valence-corrected chi connectivity index (χ4v) is 4.36. The molecule has 0 fully saturated rings.